The lowest BCUT2D eigenvalue weighted by atomic mass is 10.1. The molecule has 0 saturated heterocycles. The molecule has 2 rings (SSSR count). The van der Waals surface area contributed by atoms with Crippen LogP contribution in [0.4, 0.5) is 5.69 Å². The van der Waals surface area contributed by atoms with Gasteiger partial charge in [0.05, 0.1) is 13.7 Å². The van der Waals surface area contributed by atoms with Crippen LogP contribution >= 0.6 is 24.0 Å². The van der Waals surface area contributed by atoms with Gasteiger partial charge in [0.15, 0.2) is 17.5 Å². The number of anilines is 1. The Morgan fingerprint density at radius 3 is 2.32 bits per heavy atom. The average Bonchev–Trinajstić information content (AvgIpc) is 2.52. The number of nitrogens with one attached hydrogen (secondary N) is 1. The Morgan fingerprint density at radius 2 is 1.72 bits per heavy atom. The fourth-order valence-corrected chi connectivity index (χ4v) is 2.43. The van der Waals surface area contributed by atoms with Crippen molar-refractivity contribution in [2.75, 3.05) is 19.0 Å². The number of guanidine groups is 1. The number of benzene rings is 2. The maximum Gasteiger partial charge on any atom is 0.193 e. The van der Waals surface area contributed by atoms with Gasteiger partial charge in [0.2, 0.25) is 0 Å². The van der Waals surface area contributed by atoms with Crippen LogP contribution in [0.2, 0.25) is 0 Å². The molecular formula is C19H26IN3O2. The summed E-state index contributed by atoms with van der Waals surface area (Å²) in [4.78, 5) is 4.35. The minimum absolute atomic E-state index is 0. The van der Waals surface area contributed by atoms with Crippen molar-refractivity contribution in [1.29, 1.82) is 0 Å². The van der Waals surface area contributed by atoms with Gasteiger partial charge in [-0.15, -0.1) is 24.0 Å². The number of halogens is 1. The van der Waals surface area contributed by atoms with Gasteiger partial charge < -0.3 is 20.5 Å². The third kappa shape index (κ3) is 6.81. The molecule has 1 unspecified atom stereocenters. The molecule has 136 valence electrons. The zero-order valence-corrected chi connectivity index (χ0v) is 17.4. The predicted molar refractivity (Wildman–Crippen MR) is 115 cm³/mol. The van der Waals surface area contributed by atoms with Crippen LogP contribution in [0, 0.1) is 13.8 Å². The Balaban J connectivity index is 0.00000312. The molecule has 0 aliphatic heterocycles. The summed E-state index contributed by atoms with van der Waals surface area (Å²) < 4.78 is 11.1. The molecule has 0 spiro atoms. The first-order chi connectivity index (χ1) is 11.5. The monoisotopic (exact) mass is 455 g/mol. The zero-order chi connectivity index (χ0) is 17.5. The Hall–Kier alpha value is -1.96. The lowest BCUT2D eigenvalue weighted by Gasteiger charge is -2.15. The maximum absolute atomic E-state index is 5.96. The number of nitrogens with two attached hydrogens (primary N) is 1. The van der Waals surface area contributed by atoms with Crippen LogP contribution < -0.4 is 20.5 Å². The topological polar surface area (TPSA) is 68.9 Å². The van der Waals surface area contributed by atoms with Crippen molar-refractivity contribution in [3.8, 4) is 11.5 Å². The number of aryl methyl sites for hydroxylation is 2. The molecule has 0 fully saturated rings. The first-order valence-electron chi connectivity index (χ1n) is 7.93. The van der Waals surface area contributed by atoms with Crippen molar-refractivity contribution in [2.24, 2.45) is 10.7 Å². The van der Waals surface area contributed by atoms with E-state index in [2.05, 4.69) is 30.2 Å². The van der Waals surface area contributed by atoms with Gasteiger partial charge in [0.25, 0.3) is 0 Å². The smallest absolute Gasteiger partial charge is 0.193 e. The molecule has 2 aromatic carbocycles. The molecule has 2 aromatic rings. The summed E-state index contributed by atoms with van der Waals surface area (Å²) in [5.74, 6) is 1.77. The molecule has 0 aliphatic rings. The highest BCUT2D eigenvalue weighted by molar-refractivity contribution is 14.0. The molecule has 5 nitrogen and oxygen atoms in total. The van der Waals surface area contributed by atoms with Crippen LogP contribution in [0.25, 0.3) is 0 Å². The summed E-state index contributed by atoms with van der Waals surface area (Å²) in [6.07, 6.45) is -0.124. The van der Waals surface area contributed by atoms with Crippen molar-refractivity contribution in [2.45, 2.75) is 26.9 Å². The van der Waals surface area contributed by atoms with Crippen molar-refractivity contribution in [3.63, 3.8) is 0 Å². The van der Waals surface area contributed by atoms with E-state index in [9.17, 15) is 0 Å². The third-order valence-electron chi connectivity index (χ3n) is 3.41. The van der Waals surface area contributed by atoms with Crippen molar-refractivity contribution in [3.05, 3.63) is 53.6 Å². The van der Waals surface area contributed by atoms with Gasteiger partial charge in [0, 0.05) is 5.69 Å². The van der Waals surface area contributed by atoms with E-state index in [0.717, 1.165) is 5.69 Å². The molecule has 0 amide bonds. The Morgan fingerprint density at radius 1 is 1.12 bits per heavy atom. The highest BCUT2D eigenvalue weighted by Crippen LogP contribution is 2.26. The molecule has 0 radical (unpaired) electrons. The lowest BCUT2D eigenvalue weighted by molar-refractivity contribution is 0.219. The first kappa shape index (κ1) is 21.1. The molecule has 0 bridgehead atoms. The number of nitrogens with zero attached hydrogens (tertiary/aromatic N) is 1. The summed E-state index contributed by atoms with van der Waals surface area (Å²) in [5.41, 5.74) is 9.26. The van der Waals surface area contributed by atoms with Crippen LogP contribution in [-0.2, 0) is 0 Å². The van der Waals surface area contributed by atoms with Crippen LogP contribution in [0.5, 0.6) is 11.5 Å². The number of hydrogen-bond acceptors (Lipinski definition) is 3. The molecule has 1 atom stereocenters. The van der Waals surface area contributed by atoms with Crippen LogP contribution in [0.3, 0.4) is 0 Å². The zero-order valence-electron chi connectivity index (χ0n) is 15.1. The van der Waals surface area contributed by atoms with E-state index in [0.29, 0.717) is 24.0 Å². The van der Waals surface area contributed by atoms with Crippen molar-refractivity contribution >= 4 is 35.6 Å². The summed E-state index contributed by atoms with van der Waals surface area (Å²) in [5, 5.41) is 3.11. The fraction of sp³-hybridized carbons (Fsp3) is 0.316. The normalized spacial score (nSPS) is 12.1. The van der Waals surface area contributed by atoms with Crippen LogP contribution in [0.1, 0.15) is 18.1 Å². The first-order valence-corrected chi connectivity index (χ1v) is 7.93. The second-order valence-corrected chi connectivity index (χ2v) is 5.81. The van der Waals surface area contributed by atoms with Crippen LogP contribution in [-0.4, -0.2) is 25.7 Å². The molecule has 0 aliphatic carbocycles. The van der Waals surface area contributed by atoms with E-state index in [-0.39, 0.29) is 30.1 Å². The second kappa shape index (κ2) is 10.1. The second-order valence-electron chi connectivity index (χ2n) is 5.81. The summed E-state index contributed by atoms with van der Waals surface area (Å²) >= 11 is 0. The highest BCUT2D eigenvalue weighted by atomic mass is 127. The highest BCUT2D eigenvalue weighted by Gasteiger charge is 2.08. The molecule has 25 heavy (non-hydrogen) atoms. The minimum Gasteiger partial charge on any atom is -0.493 e. The number of ether oxygens (including phenoxy) is 2. The Labute approximate surface area is 166 Å². The van der Waals surface area contributed by atoms with E-state index in [1.54, 1.807) is 7.11 Å². The van der Waals surface area contributed by atoms with Gasteiger partial charge in [-0.3, -0.25) is 0 Å². The van der Waals surface area contributed by atoms with E-state index >= 15 is 0 Å². The maximum atomic E-state index is 5.96. The van der Waals surface area contributed by atoms with Gasteiger partial charge in [-0.1, -0.05) is 18.2 Å². The predicted octanol–water partition coefficient (Wildman–Crippen LogP) is 4.12. The van der Waals surface area contributed by atoms with Gasteiger partial charge in [-0.05, 0) is 56.2 Å². The fourth-order valence-electron chi connectivity index (χ4n) is 2.43. The summed E-state index contributed by atoms with van der Waals surface area (Å²) in [6, 6.07) is 13.7. The number of hydrogen-bond donors (Lipinski definition) is 2. The number of para-hydroxylation sites is 2. The summed E-state index contributed by atoms with van der Waals surface area (Å²) in [6.45, 7) is 6.49. The number of aliphatic imine (C=N–C) groups is 1. The summed E-state index contributed by atoms with van der Waals surface area (Å²) in [7, 11) is 1.62. The van der Waals surface area contributed by atoms with E-state index < -0.39 is 0 Å². The van der Waals surface area contributed by atoms with E-state index in [1.807, 2.05) is 43.3 Å². The van der Waals surface area contributed by atoms with E-state index in [4.69, 9.17) is 15.2 Å². The molecular weight excluding hydrogens is 429 g/mol. The quantitative estimate of drug-likeness (QED) is 0.391. The largest absolute Gasteiger partial charge is 0.493 e. The molecule has 0 heterocycles. The number of rotatable bonds is 6. The van der Waals surface area contributed by atoms with Crippen LogP contribution in [0.15, 0.2) is 47.5 Å². The average molecular weight is 455 g/mol. The molecule has 6 heteroatoms. The third-order valence-corrected chi connectivity index (χ3v) is 3.41. The molecule has 3 N–H and O–H groups in total. The SMILES string of the molecule is COc1ccccc1OC(C)CN=C(N)Nc1cc(C)cc(C)c1.I. The van der Waals surface area contributed by atoms with Gasteiger partial charge >= 0.3 is 0 Å². The molecule has 0 saturated carbocycles. The lowest BCUT2D eigenvalue weighted by Crippen LogP contribution is -2.25. The van der Waals surface area contributed by atoms with Gasteiger partial charge in [-0.25, -0.2) is 4.99 Å². The van der Waals surface area contributed by atoms with Crippen molar-refractivity contribution < 1.29 is 9.47 Å². The van der Waals surface area contributed by atoms with Gasteiger partial charge in [0.1, 0.15) is 6.10 Å². The Bertz CT molecular complexity index is 699. The standard InChI is InChI=1S/C19H25N3O2.HI/c1-13-9-14(2)11-16(10-13)22-19(20)21-12-15(3)24-18-8-6-5-7-17(18)23-4;/h5-11,15H,12H2,1-4H3,(H3,20,21,22);1H. The number of methoxy groups -OCH3 is 1. The molecule has 0 aromatic heterocycles. The van der Waals surface area contributed by atoms with Gasteiger partial charge in [-0.2, -0.15) is 0 Å². The minimum atomic E-state index is -0.124. The van der Waals surface area contributed by atoms with Crippen molar-refractivity contribution in [1.82, 2.24) is 0 Å². The van der Waals surface area contributed by atoms with E-state index in [1.165, 1.54) is 11.1 Å². The Kier molecular flexibility index (Phi) is 8.54.